The average molecular weight is 1560 g/mol. The third-order valence-corrected chi connectivity index (χ3v) is 15.9. The number of nitrogens with zero attached hydrogens (tertiary/aromatic N) is 21. The lowest BCUT2D eigenvalue weighted by molar-refractivity contribution is 0.587. The molecule has 0 spiro atoms. The molecule has 7 N–H and O–H groups in total. The van der Waals surface area contributed by atoms with Crippen molar-refractivity contribution in [3.8, 4) is 17.6 Å². The van der Waals surface area contributed by atoms with E-state index in [1.54, 1.807) is 102 Å². The summed E-state index contributed by atoms with van der Waals surface area (Å²) in [6.07, 6.45) is 3.25. The highest BCUT2D eigenvalue weighted by molar-refractivity contribution is 14.1. The van der Waals surface area contributed by atoms with Gasteiger partial charge >= 0.3 is 6.29 Å². The van der Waals surface area contributed by atoms with Gasteiger partial charge in [0.05, 0.1) is 83.9 Å². The predicted octanol–water partition coefficient (Wildman–Crippen LogP) is 15.7. The minimum atomic E-state index is -1.04. The molecule has 9 heterocycles. The number of halogens is 9. The van der Waals surface area contributed by atoms with Crippen molar-refractivity contribution in [3.05, 3.63) is 313 Å². The highest BCUT2D eigenvalue weighted by Crippen LogP contribution is 2.34. The topological polar surface area (TPSA) is 332 Å². The van der Waals surface area contributed by atoms with Gasteiger partial charge in [-0.2, -0.15) is 30.8 Å². The maximum absolute atomic E-state index is 14.2. The van der Waals surface area contributed by atoms with E-state index in [0.717, 1.165) is 24.8 Å². The van der Waals surface area contributed by atoms with Gasteiger partial charge < -0.3 is 17.2 Å². The van der Waals surface area contributed by atoms with Crippen molar-refractivity contribution in [3.63, 3.8) is 0 Å². The van der Waals surface area contributed by atoms with Crippen molar-refractivity contribution in [2.24, 2.45) is 26.2 Å². The van der Waals surface area contributed by atoms with Crippen LogP contribution in [-0.2, 0) is 26.2 Å². The van der Waals surface area contributed by atoms with Gasteiger partial charge in [0.2, 0.25) is 0 Å². The Morgan fingerprint density at radius 2 is 0.841 bits per heavy atom. The highest BCUT2D eigenvalue weighted by atomic mass is 127. The summed E-state index contributed by atoms with van der Waals surface area (Å²) >= 11 is 2.01. The molecule has 15 aromatic rings. The van der Waals surface area contributed by atoms with Gasteiger partial charge in [0, 0.05) is 22.3 Å². The minimum Gasteiger partial charge on any atom is -0.382 e. The Morgan fingerprint density at radius 3 is 1.28 bits per heavy atom. The van der Waals surface area contributed by atoms with Gasteiger partial charge in [-0.15, -0.1) is 10.2 Å². The number of anilines is 2. The Hall–Kier alpha value is -14.2. The zero-order valence-corrected chi connectivity index (χ0v) is 57.2. The first kappa shape index (κ1) is 74.0. The molecule has 15 rings (SSSR count). The monoisotopic (exact) mass is 1560 g/mol. The summed E-state index contributed by atoms with van der Waals surface area (Å²) in [5, 5.41) is 50.5. The third-order valence-electron chi connectivity index (χ3n) is 15.1. The largest absolute Gasteiger partial charge is 0.602 e. The van der Waals surface area contributed by atoms with Gasteiger partial charge in [0.1, 0.15) is 73.5 Å². The Balaban J connectivity index is 0.000000138. The number of nitrogen functional groups attached to an aromatic ring is 3. The molecule has 0 bridgehead atoms. The van der Waals surface area contributed by atoms with Crippen LogP contribution in [0.4, 0.5) is 63.8 Å². The van der Waals surface area contributed by atoms with E-state index in [1.807, 2.05) is 65.1 Å². The minimum absolute atomic E-state index is 0.0247. The van der Waals surface area contributed by atoms with Gasteiger partial charge in [-0.25, -0.2) is 107 Å². The first-order chi connectivity index (χ1) is 51.7. The molecule has 0 saturated heterocycles. The fourth-order valence-electron chi connectivity index (χ4n) is 10.1. The lowest BCUT2D eigenvalue weighted by Gasteiger charge is -2.05. The standard InChI is InChI=1S/C23H17F2N9.C14H11F2N5.C14H8F2N4.C13H8F2IN3.C9H6N4/c24-14-10-16-18(33-34(23(16)28-11-14)12-13-6-4-5-9-17(13)25)22-29-20(26)19(21(27)30-22)32-31-15-7-2-1-3-8-15;15-9-5-10-12(13(17)18)20-21(14(10)19-6-9)7-8-3-1-2-4-11(8)16;15-10-5-11-13(6-17)19-20(14(11)18-7-10)8-9-3-1-2-4-12(9)16;14-9-5-10-12(16)18-19(13(10)17-6-9)7-8-3-1-2-4-11(8)15;1-10-9(11-2)13-12-8-6-4-3-5-7-8/h1-11H,12H2,(H4,26,27,29,30);1-6H,7H2,(H3,17,18);1-5,7H,8H2;1-6H,7H2;3-7,9H. The number of pyridine rings is 4. The molecule has 0 atom stereocenters. The summed E-state index contributed by atoms with van der Waals surface area (Å²) < 4.78 is 115. The average Bonchev–Trinajstić information content (AvgIpc) is 1.65. The molecule has 34 heteroatoms. The Bertz CT molecular complexity index is 5910. The Kier molecular flexibility index (Phi) is 23.6. The summed E-state index contributed by atoms with van der Waals surface area (Å²) in [5.74, 6) is -3.77. The van der Waals surface area contributed by atoms with E-state index in [4.69, 9.17) is 41.0 Å². The molecule has 0 fully saturated rings. The number of nitrogens with two attached hydrogens (primary N) is 3. The summed E-state index contributed by atoms with van der Waals surface area (Å²) in [6.45, 7) is 13.7. The smallest absolute Gasteiger partial charge is 0.382 e. The number of aromatic nitrogens is 14. The van der Waals surface area contributed by atoms with Crippen molar-refractivity contribution >= 4 is 101 Å². The molecule has 0 unspecified atom stereocenters. The van der Waals surface area contributed by atoms with Crippen LogP contribution in [0.1, 0.15) is 33.6 Å². The fourth-order valence-corrected chi connectivity index (χ4v) is 10.8. The SMILES string of the molecule is Fc1cnc2c(c1)c(I)nn2Cc1ccccc1F.N#Cc1nn(Cc2ccccc2F)c2ncc(F)cc12.N=C(N)c1nn(Cc2ccccc2F)c2ncc(F)cc12.Nc1nc(-c2nn(Cc3ccccc3F)c3ncc(F)cc23)nc(N)c1N=Nc1ccccc1.[C-]#[N+]C(N=Nc1ccccc1)[N+]#[C-]. The van der Waals surface area contributed by atoms with Crippen LogP contribution in [0.3, 0.4) is 0 Å². The number of benzene rings is 6. The number of rotatable bonds is 14. The number of nitrogens with one attached hydrogen (secondary N) is 1. The lowest BCUT2D eigenvalue weighted by atomic mass is 10.2. The van der Waals surface area contributed by atoms with Crippen LogP contribution in [0.25, 0.3) is 65.3 Å². The van der Waals surface area contributed by atoms with E-state index in [-0.39, 0.29) is 89.7 Å². The number of nitriles is 1. The van der Waals surface area contributed by atoms with E-state index in [1.165, 1.54) is 62.6 Å². The van der Waals surface area contributed by atoms with E-state index >= 15 is 0 Å². The summed E-state index contributed by atoms with van der Waals surface area (Å²) in [6, 6.07) is 50.3. The number of amidine groups is 1. The van der Waals surface area contributed by atoms with Crippen molar-refractivity contribution in [1.82, 2.24) is 69.0 Å². The van der Waals surface area contributed by atoms with E-state index in [9.17, 15) is 35.1 Å². The number of hydrogen-bond donors (Lipinski definition) is 4. The maximum Gasteiger partial charge on any atom is 0.602 e. The van der Waals surface area contributed by atoms with Crippen molar-refractivity contribution in [2.45, 2.75) is 32.5 Å². The molecule has 530 valence electrons. The summed E-state index contributed by atoms with van der Waals surface area (Å²) in [7, 11) is 0. The summed E-state index contributed by atoms with van der Waals surface area (Å²) in [4.78, 5) is 30.5. The molecule has 0 aliphatic carbocycles. The molecular weight excluding hydrogens is 1510 g/mol. The van der Waals surface area contributed by atoms with E-state index in [2.05, 4.69) is 80.4 Å². The predicted molar refractivity (Wildman–Crippen MR) is 389 cm³/mol. The second kappa shape index (κ2) is 34.2. The number of azo groups is 2. The summed E-state index contributed by atoms with van der Waals surface area (Å²) in [5.41, 5.74) is 22.7. The van der Waals surface area contributed by atoms with Crippen molar-refractivity contribution in [1.29, 1.82) is 10.7 Å². The van der Waals surface area contributed by atoms with Crippen LogP contribution >= 0.6 is 22.6 Å². The first-order valence-electron chi connectivity index (χ1n) is 31.3. The fraction of sp³-hybridized carbons (Fsp3) is 0.0685. The van der Waals surface area contributed by atoms with Crippen LogP contribution in [0, 0.1) is 80.1 Å². The Morgan fingerprint density at radius 1 is 0.477 bits per heavy atom. The van der Waals surface area contributed by atoms with Gasteiger partial charge in [-0.3, -0.25) is 5.41 Å². The van der Waals surface area contributed by atoms with Crippen LogP contribution < -0.4 is 17.2 Å². The number of hydrogen-bond acceptors (Lipinski definition) is 18. The quantitative estimate of drug-likeness (QED) is 0.0196. The molecular formula is C73H50F8IN25. The molecule has 0 saturated carbocycles. The van der Waals surface area contributed by atoms with Crippen molar-refractivity contribution < 1.29 is 35.1 Å². The Labute approximate surface area is 614 Å². The molecule has 0 amide bonds. The van der Waals surface area contributed by atoms with Gasteiger partial charge in [-0.1, -0.05) is 109 Å². The van der Waals surface area contributed by atoms with Crippen molar-refractivity contribution in [2.75, 3.05) is 11.5 Å². The normalized spacial score (nSPS) is 10.9. The second-order valence-corrected chi connectivity index (χ2v) is 23.3. The molecule has 0 aliphatic rings. The van der Waals surface area contributed by atoms with Crippen LogP contribution in [-0.4, -0.2) is 81.2 Å². The third kappa shape index (κ3) is 18.2. The first-order valence-corrected chi connectivity index (χ1v) is 32.3. The zero-order valence-electron chi connectivity index (χ0n) is 55.1. The van der Waals surface area contributed by atoms with E-state index < -0.39 is 35.4 Å². The molecule has 107 heavy (non-hydrogen) atoms. The molecule has 6 aromatic carbocycles. The van der Waals surface area contributed by atoms with Crippen LogP contribution in [0.5, 0.6) is 0 Å². The molecule has 25 nitrogen and oxygen atoms in total. The second-order valence-electron chi connectivity index (χ2n) is 22.3. The zero-order chi connectivity index (χ0) is 75.7. The lowest BCUT2D eigenvalue weighted by Crippen LogP contribution is -2.13. The maximum atomic E-state index is 14.2. The van der Waals surface area contributed by atoms with Gasteiger partial charge in [-0.05, 0) is 101 Å². The molecule has 0 radical (unpaired) electrons. The van der Waals surface area contributed by atoms with Crippen LogP contribution in [0.2, 0.25) is 0 Å². The molecule has 9 aromatic heterocycles. The van der Waals surface area contributed by atoms with Gasteiger partial charge in [0.15, 0.2) is 51.4 Å². The van der Waals surface area contributed by atoms with Gasteiger partial charge in [0.25, 0.3) is 0 Å². The van der Waals surface area contributed by atoms with Crippen LogP contribution in [0.15, 0.2) is 227 Å². The van der Waals surface area contributed by atoms with E-state index in [0.29, 0.717) is 81.5 Å². The molecule has 0 aliphatic heterocycles. The number of fused-ring (bicyclic) bond motifs is 4. The highest BCUT2D eigenvalue weighted by Gasteiger charge is 2.23.